The molecular weight excluding hydrogens is 340 g/mol. The molecule has 140 valence electrons. The maximum Gasteiger partial charge on any atom is 0.144 e. The van der Waals surface area contributed by atoms with Gasteiger partial charge in [-0.3, -0.25) is 14.6 Å². The highest BCUT2D eigenvalue weighted by Gasteiger charge is 2.19. The molecule has 1 aromatic carbocycles. The first kappa shape index (κ1) is 17.5. The van der Waals surface area contributed by atoms with Crippen molar-refractivity contribution in [2.45, 2.75) is 33.1 Å². The average molecular weight is 364 g/mol. The first-order valence-corrected chi connectivity index (χ1v) is 9.12. The van der Waals surface area contributed by atoms with Crippen LogP contribution in [-0.2, 0) is 26.2 Å². The summed E-state index contributed by atoms with van der Waals surface area (Å²) < 4.78 is 7.42. The van der Waals surface area contributed by atoms with Crippen LogP contribution in [0.2, 0.25) is 0 Å². The third-order valence-electron chi connectivity index (χ3n) is 4.89. The predicted octanol–water partition coefficient (Wildman–Crippen LogP) is 2.62. The van der Waals surface area contributed by atoms with E-state index in [4.69, 9.17) is 9.84 Å². The van der Waals surface area contributed by atoms with Crippen LogP contribution < -0.4 is 10.1 Å². The molecule has 1 aliphatic heterocycles. The van der Waals surface area contributed by atoms with Crippen molar-refractivity contribution in [1.29, 1.82) is 0 Å². The standard InChI is InChI=1S/C20H24N6O/c1-15-9-19(27-2)4-3-16(15)13-25-7-8-26-18(14-25)10-17(24-26)11-23-20-12-21-5-6-22-20/h3-6,9-10,12H,7-8,11,13-14H2,1-2H3,(H,22,23). The van der Waals surface area contributed by atoms with E-state index >= 15 is 0 Å². The molecule has 0 unspecified atom stereocenters. The van der Waals surface area contributed by atoms with Crippen molar-refractivity contribution in [3.8, 4) is 5.75 Å². The minimum absolute atomic E-state index is 0.649. The van der Waals surface area contributed by atoms with Crippen molar-refractivity contribution in [3.63, 3.8) is 0 Å². The monoisotopic (exact) mass is 364 g/mol. The fourth-order valence-corrected chi connectivity index (χ4v) is 3.39. The van der Waals surface area contributed by atoms with E-state index < -0.39 is 0 Å². The van der Waals surface area contributed by atoms with Gasteiger partial charge in [0.05, 0.1) is 37.8 Å². The first-order chi connectivity index (χ1) is 13.2. The number of ether oxygens (including phenoxy) is 1. The Morgan fingerprint density at radius 2 is 2.11 bits per heavy atom. The third-order valence-corrected chi connectivity index (χ3v) is 4.89. The molecule has 0 saturated carbocycles. The summed E-state index contributed by atoms with van der Waals surface area (Å²) in [7, 11) is 1.71. The van der Waals surface area contributed by atoms with Crippen molar-refractivity contribution >= 4 is 5.82 Å². The summed E-state index contributed by atoms with van der Waals surface area (Å²) in [6.45, 7) is 6.54. The van der Waals surface area contributed by atoms with Crippen LogP contribution in [0.3, 0.4) is 0 Å². The molecule has 1 N–H and O–H groups in total. The summed E-state index contributed by atoms with van der Waals surface area (Å²) in [5, 5.41) is 7.97. The second-order valence-electron chi connectivity index (χ2n) is 6.80. The van der Waals surface area contributed by atoms with E-state index in [9.17, 15) is 0 Å². The fraction of sp³-hybridized carbons (Fsp3) is 0.350. The van der Waals surface area contributed by atoms with Crippen LogP contribution in [0.5, 0.6) is 5.75 Å². The lowest BCUT2D eigenvalue weighted by Crippen LogP contribution is -2.33. The number of hydrogen-bond donors (Lipinski definition) is 1. The number of methoxy groups -OCH3 is 1. The first-order valence-electron chi connectivity index (χ1n) is 9.12. The van der Waals surface area contributed by atoms with Crippen LogP contribution in [0.25, 0.3) is 0 Å². The van der Waals surface area contributed by atoms with Crippen LogP contribution in [0, 0.1) is 6.92 Å². The lowest BCUT2D eigenvalue weighted by atomic mass is 10.1. The molecule has 1 aliphatic rings. The van der Waals surface area contributed by atoms with Gasteiger partial charge in [0.25, 0.3) is 0 Å². The molecule has 0 saturated heterocycles. The van der Waals surface area contributed by atoms with Gasteiger partial charge in [0, 0.05) is 32.0 Å². The molecule has 7 nitrogen and oxygen atoms in total. The topological polar surface area (TPSA) is 68.1 Å². The fourth-order valence-electron chi connectivity index (χ4n) is 3.39. The molecular formula is C20H24N6O. The van der Waals surface area contributed by atoms with Gasteiger partial charge in [-0.1, -0.05) is 6.07 Å². The van der Waals surface area contributed by atoms with Gasteiger partial charge in [0.2, 0.25) is 0 Å². The Morgan fingerprint density at radius 1 is 1.19 bits per heavy atom. The molecule has 0 atom stereocenters. The van der Waals surface area contributed by atoms with Crippen LogP contribution in [-0.4, -0.2) is 38.3 Å². The summed E-state index contributed by atoms with van der Waals surface area (Å²) in [5.74, 6) is 1.67. The quantitative estimate of drug-likeness (QED) is 0.725. The van der Waals surface area contributed by atoms with Crippen LogP contribution >= 0.6 is 0 Å². The highest BCUT2D eigenvalue weighted by atomic mass is 16.5. The highest BCUT2D eigenvalue weighted by Crippen LogP contribution is 2.21. The van der Waals surface area contributed by atoms with Gasteiger partial charge < -0.3 is 10.1 Å². The number of aryl methyl sites for hydroxylation is 1. The largest absolute Gasteiger partial charge is 0.497 e. The van der Waals surface area contributed by atoms with Gasteiger partial charge in [-0.15, -0.1) is 0 Å². The van der Waals surface area contributed by atoms with Crippen LogP contribution in [0.1, 0.15) is 22.5 Å². The van der Waals surface area contributed by atoms with E-state index in [1.807, 2.05) is 6.07 Å². The number of nitrogens with one attached hydrogen (secondary N) is 1. The van der Waals surface area contributed by atoms with E-state index in [0.29, 0.717) is 6.54 Å². The molecule has 0 bridgehead atoms. The zero-order valence-corrected chi connectivity index (χ0v) is 15.7. The van der Waals surface area contributed by atoms with Gasteiger partial charge in [0.15, 0.2) is 0 Å². The van der Waals surface area contributed by atoms with Gasteiger partial charge >= 0.3 is 0 Å². The second kappa shape index (κ2) is 7.75. The molecule has 0 amide bonds. The Labute approximate surface area is 159 Å². The number of anilines is 1. The molecule has 7 heteroatoms. The molecule has 27 heavy (non-hydrogen) atoms. The van der Waals surface area contributed by atoms with Crippen molar-refractivity contribution in [2.24, 2.45) is 0 Å². The second-order valence-corrected chi connectivity index (χ2v) is 6.80. The van der Waals surface area contributed by atoms with Gasteiger partial charge in [0.1, 0.15) is 11.6 Å². The Kier molecular flexibility index (Phi) is 5.02. The molecule has 2 aromatic heterocycles. The van der Waals surface area contributed by atoms with E-state index in [1.54, 1.807) is 25.7 Å². The third kappa shape index (κ3) is 4.09. The number of rotatable bonds is 6. The minimum atomic E-state index is 0.649. The maximum absolute atomic E-state index is 5.30. The highest BCUT2D eigenvalue weighted by molar-refractivity contribution is 5.35. The van der Waals surface area contributed by atoms with E-state index in [2.05, 4.69) is 50.0 Å². The van der Waals surface area contributed by atoms with Crippen LogP contribution in [0.15, 0.2) is 42.9 Å². The van der Waals surface area contributed by atoms with Gasteiger partial charge in [-0.2, -0.15) is 5.10 Å². The summed E-state index contributed by atoms with van der Waals surface area (Å²) in [6, 6.07) is 8.47. The van der Waals surface area contributed by atoms with E-state index in [1.165, 1.54) is 16.8 Å². The smallest absolute Gasteiger partial charge is 0.144 e. The van der Waals surface area contributed by atoms with Gasteiger partial charge in [-0.05, 0) is 36.2 Å². The van der Waals surface area contributed by atoms with Gasteiger partial charge in [-0.25, -0.2) is 4.98 Å². The maximum atomic E-state index is 5.30. The molecule has 3 aromatic rings. The molecule has 0 fully saturated rings. The SMILES string of the molecule is COc1ccc(CN2CCn3nc(CNc4cnccn4)cc3C2)c(C)c1. The number of benzene rings is 1. The Morgan fingerprint density at radius 3 is 2.89 bits per heavy atom. The number of fused-ring (bicyclic) bond motifs is 1. The van der Waals surface area contributed by atoms with Crippen molar-refractivity contribution in [1.82, 2.24) is 24.6 Å². The van der Waals surface area contributed by atoms with Crippen molar-refractivity contribution in [3.05, 3.63) is 65.4 Å². The lowest BCUT2D eigenvalue weighted by molar-refractivity contribution is 0.204. The minimum Gasteiger partial charge on any atom is -0.497 e. The van der Waals surface area contributed by atoms with E-state index in [-0.39, 0.29) is 0 Å². The van der Waals surface area contributed by atoms with Crippen molar-refractivity contribution < 1.29 is 4.74 Å². The average Bonchev–Trinajstić information content (AvgIpc) is 3.11. The lowest BCUT2D eigenvalue weighted by Gasteiger charge is -2.28. The molecule has 4 rings (SSSR count). The molecule has 0 spiro atoms. The predicted molar refractivity (Wildman–Crippen MR) is 103 cm³/mol. The summed E-state index contributed by atoms with van der Waals surface area (Å²) in [5.41, 5.74) is 4.89. The van der Waals surface area contributed by atoms with E-state index in [0.717, 1.165) is 43.4 Å². The number of aromatic nitrogens is 4. The zero-order chi connectivity index (χ0) is 18.6. The summed E-state index contributed by atoms with van der Waals surface area (Å²) >= 11 is 0. The number of nitrogens with zero attached hydrogens (tertiary/aromatic N) is 5. The molecule has 0 radical (unpaired) electrons. The van der Waals surface area contributed by atoms with Crippen LogP contribution in [0.4, 0.5) is 5.82 Å². The summed E-state index contributed by atoms with van der Waals surface area (Å²) in [4.78, 5) is 10.8. The van der Waals surface area contributed by atoms with Crippen molar-refractivity contribution in [2.75, 3.05) is 19.0 Å². The summed E-state index contributed by atoms with van der Waals surface area (Å²) in [6.07, 6.45) is 5.06. The normalized spacial score (nSPS) is 14.0. The molecule has 0 aliphatic carbocycles. The Bertz CT molecular complexity index is 908. The zero-order valence-electron chi connectivity index (χ0n) is 15.7. The Balaban J connectivity index is 1.39. The molecule has 3 heterocycles. The Hall–Kier alpha value is -2.93. The number of hydrogen-bond acceptors (Lipinski definition) is 6.